The molecule has 456 valence electrons. The number of nitrogens with two attached hydrogens (primary N) is 1. The average molecular weight is 1370 g/mol. The van der Waals surface area contributed by atoms with E-state index in [1.807, 2.05) is 88.7 Å². The third-order valence-corrected chi connectivity index (χ3v) is 25.2. The van der Waals surface area contributed by atoms with Crippen LogP contribution in [0, 0.1) is 34.0 Å². The number of rotatable bonds is 8. The molecule has 6 aliphatic rings. The average Bonchev–Trinajstić information content (AvgIpc) is 3.88. The lowest BCUT2D eigenvalue weighted by Gasteiger charge is -2.42. The summed E-state index contributed by atoms with van der Waals surface area (Å²) in [5, 5.41) is 5.45. The van der Waals surface area contributed by atoms with Gasteiger partial charge in [0.2, 0.25) is 0 Å². The van der Waals surface area contributed by atoms with Crippen LogP contribution in [0.1, 0.15) is 206 Å². The van der Waals surface area contributed by atoms with E-state index in [0.717, 1.165) is 127 Å². The van der Waals surface area contributed by atoms with E-state index in [1.165, 1.54) is 27.8 Å². The summed E-state index contributed by atoms with van der Waals surface area (Å²) < 4.78 is 64.1. The van der Waals surface area contributed by atoms with E-state index in [2.05, 4.69) is 111 Å². The van der Waals surface area contributed by atoms with Gasteiger partial charge in [0.25, 0.3) is 0 Å². The van der Waals surface area contributed by atoms with E-state index in [-0.39, 0.29) is 37.9 Å². The quantitative estimate of drug-likeness (QED) is 0.226. The van der Waals surface area contributed by atoms with E-state index in [1.54, 1.807) is 13.4 Å². The molecular weight excluding hydrogens is 1270 g/mol. The molecule has 0 saturated heterocycles. The van der Waals surface area contributed by atoms with Gasteiger partial charge in [-0.05, 0) is 210 Å². The number of hydrogen-bond acceptors (Lipinski definition) is 8. The summed E-state index contributed by atoms with van der Waals surface area (Å²) in [7, 11) is 1.11. The van der Waals surface area contributed by atoms with Gasteiger partial charge in [0.15, 0.2) is 5.78 Å². The number of carbonyl (C=O) groups excluding carboxylic acids is 1. The lowest BCUT2D eigenvalue weighted by atomic mass is 9.65. The highest BCUT2D eigenvalue weighted by molar-refractivity contribution is 9.11. The van der Waals surface area contributed by atoms with Gasteiger partial charge in [0.1, 0.15) is 22.0 Å². The first-order valence-electron chi connectivity index (χ1n) is 29.0. The van der Waals surface area contributed by atoms with Crippen LogP contribution in [0.3, 0.4) is 0 Å². The Morgan fingerprint density at radius 2 is 0.864 bits per heavy atom. The van der Waals surface area contributed by atoms with Crippen LogP contribution in [0.2, 0.25) is 0 Å². The maximum Gasteiger partial charge on any atom is 0.169 e. The smallest absolute Gasteiger partial charge is 0.169 e. The molecule has 81 heavy (non-hydrogen) atoms. The number of fused-ring (bicyclic) bond motifs is 3. The Hall–Kier alpha value is -1.44. The van der Waals surface area contributed by atoms with Gasteiger partial charge in [0, 0.05) is 78.7 Å². The van der Waals surface area contributed by atoms with Crippen LogP contribution in [0.5, 0.6) is 0 Å². The molecule has 12 atom stereocenters. The Morgan fingerprint density at radius 3 is 1.16 bits per heavy atom. The van der Waals surface area contributed by atoms with Crippen LogP contribution < -0.4 is 5.14 Å². The molecule has 10 nitrogen and oxygen atoms in total. The van der Waals surface area contributed by atoms with Crippen molar-refractivity contribution >= 4 is 97.5 Å². The zero-order valence-electron chi connectivity index (χ0n) is 51.0. The number of ether oxygens (including phenoxy) is 3. The third kappa shape index (κ3) is 16.2. The standard InChI is InChI=1S/2C21H30BrNO2S.C17H21BrO2.C5H15NOS.CH4/c2*1-6-14-12-21(10-9-18(14)25-5)13-15-7-8-16(22)11-17(15)19(21)23-26(24)20(2,3)4;1-3-11-9-17(7-6-15(11)20-2)10-12-4-5-13(18)8-14(12)16(17)19;1-5(2,3)8(4,6)7;/h2*7-8,11,14,18H,6,9-10,12-13H2,1-5H3;4-5,8,11,15H,3,6-7,9-10H2,1-2H3;7H,6H2,1-4H3;1H4/t14-,18-,21-,26+;14-,18-,21-,26-;11-,15-,17?;;/m100../s1. The highest BCUT2D eigenvalue weighted by Crippen LogP contribution is 2.54. The predicted octanol–water partition coefficient (Wildman–Crippen LogP) is 17.5. The Bertz CT molecular complexity index is 2640. The van der Waals surface area contributed by atoms with Crippen LogP contribution in [-0.4, -0.2) is 90.3 Å². The summed E-state index contributed by atoms with van der Waals surface area (Å²) in [6.07, 6.45) is 18.2. The van der Waals surface area contributed by atoms with Crippen molar-refractivity contribution < 1.29 is 32.0 Å². The zero-order valence-corrected chi connectivity index (χ0v) is 58.2. The van der Waals surface area contributed by atoms with E-state index < -0.39 is 32.5 Å². The lowest BCUT2D eigenvalue weighted by molar-refractivity contribution is -0.0145. The van der Waals surface area contributed by atoms with Gasteiger partial charge in [-0.15, -0.1) is 0 Å². The molecule has 3 fully saturated rings. The van der Waals surface area contributed by atoms with Crippen molar-refractivity contribution in [2.75, 3.05) is 27.6 Å². The largest absolute Gasteiger partial charge is 0.381 e. The number of halogens is 3. The minimum absolute atomic E-state index is 0. The minimum atomic E-state index is -1.84. The zero-order chi connectivity index (χ0) is 59.6. The number of Topliss-reactive ketones (excluding diaryl/α,β-unsaturated/α-hetero) is 1. The maximum absolute atomic E-state index is 12.9. The van der Waals surface area contributed by atoms with Gasteiger partial charge in [-0.1, -0.05) is 124 Å². The van der Waals surface area contributed by atoms with Crippen molar-refractivity contribution in [1.29, 1.82) is 0 Å². The van der Waals surface area contributed by atoms with Crippen molar-refractivity contribution in [3.8, 4) is 0 Å². The Morgan fingerprint density at radius 1 is 0.580 bits per heavy atom. The summed E-state index contributed by atoms with van der Waals surface area (Å²) in [5.74, 6) is 1.93. The van der Waals surface area contributed by atoms with Crippen LogP contribution >= 0.6 is 58.3 Å². The van der Waals surface area contributed by atoms with Crippen LogP contribution in [-0.2, 0) is 55.4 Å². The fourth-order valence-corrected chi connectivity index (χ4v) is 15.7. The molecule has 0 radical (unpaired) electrons. The summed E-state index contributed by atoms with van der Waals surface area (Å²) >= 11 is 10.7. The number of nitrogens with zero attached hydrogens (tertiary/aromatic N) is 2. The highest BCUT2D eigenvalue weighted by Gasteiger charge is 2.52. The van der Waals surface area contributed by atoms with Gasteiger partial charge in [-0.3, -0.25) is 9.93 Å². The van der Waals surface area contributed by atoms with Crippen LogP contribution in [0.15, 0.2) is 76.8 Å². The molecule has 3 aromatic carbocycles. The number of hydrogen-bond donors (Lipinski definition) is 2. The number of methoxy groups -OCH3 is 3. The molecule has 0 heterocycles. The van der Waals surface area contributed by atoms with E-state index >= 15 is 0 Å². The Labute approximate surface area is 521 Å². The topological polar surface area (TPSA) is 150 Å². The van der Waals surface area contributed by atoms with E-state index in [4.69, 9.17) is 28.1 Å². The predicted molar refractivity (Wildman–Crippen MR) is 356 cm³/mol. The highest BCUT2D eigenvalue weighted by atomic mass is 79.9. The molecule has 3 aromatic rings. The fraction of sp³-hybridized carbons (Fsp3) is 0.677. The van der Waals surface area contributed by atoms with Gasteiger partial charge in [0.05, 0.1) is 39.2 Å². The molecule has 0 amide bonds. The van der Waals surface area contributed by atoms with Crippen LogP contribution in [0.25, 0.3) is 0 Å². The summed E-state index contributed by atoms with van der Waals surface area (Å²) in [6, 6.07) is 19.1. The van der Waals surface area contributed by atoms with Crippen molar-refractivity contribution in [1.82, 2.24) is 0 Å². The first-order valence-corrected chi connectivity index (χ1v) is 35.7. The molecule has 6 aliphatic carbocycles. The first-order chi connectivity index (χ1) is 37.2. The molecule has 16 heteroatoms. The maximum atomic E-state index is 12.9. The summed E-state index contributed by atoms with van der Waals surface area (Å²) in [5.41, 5.74) is 9.18. The first kappa shape index (κ1) is 70.3. The molecule has 9 rings (SSSR count). The lowest BCUT2D eigenvalue weighted by Crippen LogP contribution is -2.41. The SMILES string of the molecule is C.CC(C)(C)S(C)(N)O.CC[C@@H]1C[C@]2(CC[C@H]1OC)Cc1ccc(Br)cc1C2=N[S@@](=O)C(C)(C)C.CC[C@H]1CC2(CC[C@@H]1OC)Cc1ccc(Br)cc1C2=O.CC[C@H]1C[C@@]2(CC[C@@H]1OC)Cc1ccc(Br)cc1C2=N[S@@](=O)C(C)(C)C. The Balaban J connectivity index is 0.000000209. The van der Waals surface area contributed by atoms with Gasteiger partial charge in [-0.2, -0.15) is 8.80 Å². The molecule has 3 spiro atoms. The molecule has 3 N–H and O–H groups in total. The fourth-order valence-electron chi connectivity index (χ4n) is 13.1. The normalized spacial score (nSPS) is 30.6. The molecule has 0 aromatic heterocycles. The van der Waals surface area contributed by atoms with Gasteiger partial charge in [-0.25, -0.2) is 8.42 Å². The number of ketones is 1. The van der Waals surface area contributed by atoms with Gasteiger partial charge < -0.3 is 18.8 Å². The van der Waals surface area contributed by atoms with E-state index in [0.29, 0.717) is 41.8 Å². The second-order valence-corrected chi connectivity index (χ2v) is 36.5. The number of benzene rings is 3. The van der Waals surface area contributed by atoms with Crippen molar-refractivity contribution in [2.24, 2.45) is 47.9 Å². The van der Waals surface area contributed by atoms with Crippen LogP contribution in [0.4, 0.5) is 0 Å². The molecular formula is C65H100Br3N3O7S3. The summed E-state index contributed by atoms with van der Waals surface area (Å²) in [6.45, 7) is 24.5. The van der Waals surface area contributed by atoms with Gasteiger partial charge >= 0.3 is 0 Å². The number of carbonyl (C=O) groups is 1. The minimum Gasteiger partial charge on any atom is -0.381 e. The van der Waals surface area contributed by atoms with Crippen molar-refractivity contribution in [3.63, 3.8) is 0 Å². The second kappa shape index (κ2) is 28.2. The van der Waals surface area contributed by atoms with Crippen molar-refractivity contribution in [2.45, 2.75) is 219 Å². The van der Waals surface area contributed by atoms with E-state index in [9.17, 15) is 17.8 Å². The third-order valence-electron chi connectivity index (χ3n) is 18.4. The molecule has 3 saturated carbocycles. The molecule has 2 unspecified atom stereocenters. The Kier molecular flexibility index (Phi) is 24.4. The summed E-state index contributed by atoms with van der Waals surface area (Å²) in [4.78, 5) is 12.9. The molecule has 0 aliphatic heterocycles. The second-order valence-electron chi connectivity index (χ2n) is 26.8. The molecule has 0 bridgehead atoms. The monoisotopic (exact) mass is 1370 g/mol. The van der Waals surface area contributed by atoms with Crippen molar-refractivity contribution in [3.05, 3.63) is 101 Å².